The molecule has 17 heavy (non-hydrogen) atoms. The predicted molar refractivity (Wildman–Crippen MR) is 66.2 cm³/mol. The van der Waals surface area contributed by atoms with E-state index < -0.39 is 0 Å². The van der Waals surface area contributed by atoms with Gasteiger partial charge in [0, 0.05) is 10.5 Å². The van der Waals surface area contributed by atoms with Crippen molar-refractivity contribution in [3.05, 3.63) is 28.2 Å². The molecule has 5 heteroatoms. The molecule has 1 heterocycles. The molecule has 0 unspecified atom stereocenters. The Bertz CT molecular complexity index is 577. The molecule has 0 aliphatic heterocycles. The highest BCUT2D eigenvalue weighted by molar-refractivity contribution is 9.10. The summed E-state index contributed by atoms with van der Waals surface area (Å²) in [5.41, 5.74) is 1.12. The highest BCUT2D eigenvalue weighted by atomic mass is 79.9. The number of aliphatic hydroxyl groups is 1. The smallest absolute Gasteiger partial charge is 0.152 e. The molecule has 0 spiro atoms. The second-order valence-corrected chi connectivity index (χ2v) is 5.31. The number of imidazole rings is 1. The molecule has 1 aliphatic rings. The average molecular weight is 299 g/mol. The summed E-state index contributed by atoms with van der Waals surface area (Å²) in [6, 6.07) is 3.63. The van der Waals surface area contributed by atoms with E-state index in [9.17, 15) is 9.50 Å². The van der Waals surface area contributed by atoms with Gasteiger partial charge in [-0.25, -0.2) is 9.37 Å². The topological polar surface area (TPSA) is 38.1 Å². The number of aromatic nitrogens is 2. The second-order valence-electron chi connectivity index (χ2n) is 4.40. The SMILES string of the molecule is OCc1nc2c(F)cc(Br)cc2n1C1CCC1. The van der Waals surface area contributed by atoms with Crippen LogP contribution in [0.15, 0.2) is 16.6 Å². The molecule has 0 atom stereocenters. The van der Waals surface area contributed by atoms with Crippen LogP contribution in [0.2, 0.25) is 0 Å². The number of hydrogen-bond acceptors (Lipinski definition) is 2. The number of hydrogen-bond donors (Lipinski definition) is 1. The molecule has 1 aromatic heterocycles. The molecule has 3 rings (SSSR count). The molecule has 1 N–H and O–H groups in total. The maximum atomic E-state index is 13.8. The molecule has 90 valence electrons. The third-order valence-electron chi connectivity index (χ3n) is 3.37. The van der Waals surface area contributed by atoms with Gasteiger partial charge in [0.2, 0.25) is 0 Å². The molecule has 0 radical (unpaired) electrons. The van der Waals surface area contributed by atoms with Crippen molar-refractivity contribution in [3.63, 3.8) is 0 Å². The molecular formula is C12H12BrFN2O. The minimum Gasteiger partial charge on any atom is -0.388 e. The Morgan fingerprint density at radius 2 is 2.24 bits per heavy atom. The van der Waals surface area contributed by atoms with E-state index in [4.69, 9.17) is 0 Å². The maximum absolute atomic E-state index is 13.8. The van der Waals surface area contributed by atoms with Crippen LogP contribution >= 0.6 is 15.9 Å². The standard InChI is InChI=1S/C12H12BrFN2O/c13-7-4-9(14)12-10(5-7)16(8-2-1-3-8)11(6-17)15-12/h4-5,8,17H,1-3,6H2. The van der Waals surface area contributed by atoms with Crippen LogP contribution in [0.1, 0.15) is 31.1 Å². The fourth-order valence-corrected chi connectivity index (χ4v) is 2.75. The summed E-state index contributed by atoms with van der Waals surface area (Å²) >= 11 is 3.29. The van der Waals surface area contributed by atoms with Crippen molar-refractivity contribution in [1.82, 2.24) is 9.55 Å². The normalized spacial score (nSPS) is 16.4. The first kappa shape index (κ1) is 11.2. The lowest BCUT2D eigenvalue weighted by molar-refractivity contribution is 0.243. The lowest BCUT2D eigenvalue weighted by Crippen LogP contribution is -2.19. The van der Waals surface area contributed by atoms with Crippen molar-refractivity contribution < 1.29 is 9.50 Å². The van der Waals surface area contributed by atoms with Gasteiger partial charge in [-0.1, -0.05) is 15.9 Å². The van der Waals surface area contributed by atoms with Crippen molar-refractivity contribution in [3.8, 4) is 0 Å². The van der Waals surface area contributed by atoms with E-state index in [0.29, 0.717) is 21.9 Å². The van der Waals surface area contributed by atoms with Crippen molar-refractivity contribution in [2.75, 3.05) is 0 Å². The number of aliphatic hydroxyl groups excluding tert-OH is 1. The van der Waals surface area contributed by atoms with Gasteiger partial charge in [-0.15, -0.1) is 0 Å². The van der Waals surface area contributed by atoms with E-state index in [2.05, 4.69) is 20.9 Å². The monoisotopic (exact) mass is 298 g/mol. The summed E-state index contributed by atoms with van der Waals surface area (Å²) in [5.74, 6) is 0.212. The summed E-state index contributed by atoms with van der Waals surface area (Å²) in [7, 11) is 0. The molecule has 0 amide bonds. The Morgan fingerprint density at radius 3 is 2.82 bits per heavy atom. The fourth-order valence-electron chi connectivity index (χ4n) is 2.33. The van der Waals surface area contributed by atoms with E-state index in [0.717, 1.165) is 18.4 Å². The third kappa shape index (κ3) is 1.68. The second kappa shape index (κ2) is 4.07. The lowest BCUT2D eigenvalue weighted by atomic mass is 9.92. The zero-order valence-corrected chi connectivity index (χ0v) is 10.7. The van der Waals surface area contributed by atoms with Gasteiger partial charge < -0.3 is 9.67 Å². The minimum atomic E-state index is -0.345. The summed E-state index contributed by atoms with van der Waals surface area (Å²) < 4.78 is 16.5. The minimum absolute atomic E-state index is 0.151. The molecule has 1 fully saturated rings. The molecule has 3 nitrogen and oxygen atoms in total. The van der Waals surface area contributed by atoms with Crippen LogP contribution in [0.25, 0.3) is 11.0 Å². The van der Waals surface area contributed by atoms with E-state index in [-0.39, 0.29) is 12.4 Å². The molecule has 0 bridgehead atoms. The molecule has 0 saturated heterocycles. The van der Waals surface area contributed by atoms with Crippen molar-refractivity contribution in [2.24, 2.45) is 0 Å². The Balaban J connectivity index is 2.28. The van der Waals surface area contributed by atoms with Gasteiger partial charge in [0.1, 0.15) is 17.9 Å². The summed E-state index contributed by atoms with van der Waals surface area (Å²) in [6.45, 7) is -0.151. The lowest BCUT2D eigenvalue weighted by Gasteiger charge is -2.28. The van der Waals surface area contributed by atoms with Crippen LogP contribution in [0.3, 0.4) is 0 Å². The van der Waals surface area contributed by atoms with E-state index in [1.54, 1.807) is 0 Å². The van der Waals surface area contributed by atoms with Crippen LogP contribution < -0.4 is 0 Å². The van der Waals surface area contributed by atoms with Crippen LogP contribution in [0.5, 0.6) is 0 Å². The summed E-state index contributed by atoms with van der Waals surface area (Å²) in [6.07, 6.45) is 3.34. The first-order valence-electron chi connectivity index (χ1n) is 5.67. The van der Waals surface area contributed by atoms with Crippen LogP contribution in [0, 0.1) is 5.82 Å². The number of benzene rings is 1. The Morgan fingerprint density at radius 1 is 1.47 bits per heavy atom. The number of nitrogens with zero attached hydrogens (tertiary/aromatic N) is 2. The predicted octanol–water partition coefficient (Wildman–Crippen LogP) is 3.16. The fraction of sp³-hybridized carbons (Fsp3) is 0.417. The average Bonchev–Trinajstić information content (AvgIpc) is 2.55. The Labute approximate surface area is 106 Å². The molecule has 2 aromatic rings. The molecule has 1 saturated carbocycles. The zero-order chi connectivity index (χ0) is 12.0. The summed E-state index contributed by atoms with van der Waals surface area (Å²) in [5, 5.41) is 9.33. The Hall–Kier alpha value is -0.940. The molecule has 1 aliphatic carbocycles. The Kier molecular flexibility index (Phi) is 2.67. The number of halogens is 2. The molecular weight excluding hydrogens is 287 g/mol. The maximum Gasteiger partial charge on any atom is 0.152 e. The van der Waals surface area contributed by atoms with Gasteiger partial charge >= 0.3 is 0 Å². The quantitative estimate of drug-likeness (QED) is 0.925. The van der Waals surface area contributed by atoms with Crippen LogP contribution in [-0.2, 0) is 6.61 Å². The van der Waals surface area contributed by atoms with Gasteiger partial charge in [0.15, 0.2) is 5.82 Å². The van der Waals surface area contributed by atoms with Crippen LogP contribution in [0.4, 0.5) is 4.39 Å². The van der Waals surface area contributed by atoms with Crippen molar-refractivity contribution in [2.45, 2.75) is 31.9 Å². The highest BCUT2D eigenvalue weighted by Crippen LogP contribution is 2.36. The van der Waals surface area contributed by atoms with Crippen molar-refractivity contribution >= 4 is 27.0 Å². The first-order chi connectivity index (χ1) is 8.20. The van der Waals surface area contributed by atoms with Gasteiger partial charge in [-0.05, 0) is 31.4 Å². The zero-order valence-electron chi connectivity index (χ0n) is 9.16. The summed E-state index contributed by atoms with van der Waals surface area (Å²) in [4.78, 5) is 4.19. The van der Waals surface area contributed by atoms with E-state index in [1.165, 1.54) is 12.5 Å². The first-order valence-corrected chi connectivity index (χ1v) is 6.46. The van der Waals surface area contributed by atoms with Gasteiger partial charge in [-0.3, -0.25) is 0 Å². The van der Waals surface area contributed by atoms with E-state index in [1.807, 2.05) is 10.6 Å². The van der Waals surface area contributed by atoms with Crippen LogP contribution in [-0.4, -0.2) is 14.7 Å². The van der Waals surface area contributed by atoms with Gasteiger partial charge in [0.05, 0.1) is 5.52 Å². The molecule has 1 aromatic carbocycles. The van der Waals surface area contributed by atoms with E-state index >= 15 is 0 Å². The number of fused-ring (bicyclic) bond motifs is 1. The van der Waals surface area contributed by atoms with Gasteiger partial charge in [-0.2, -0.15) is 0 Å². The van der Waals surface area contributed by atoms with Gasteiger partial charge in [0.25, 0.3) is 0 Å². The highest BCUT2D eigenvalue weighted by Gasteiger charge is 2.25. The third-order valence-corrected chi connectivity index (χ3v) is 3.83. The number of rotatable bonds is 2. The van der Waals surface area contributed by atoms with Crippen molar-refractivity contribution in [1.29, 1.82) is 0 Å². The largest absolute Gasteiger partial charge is 0.388 e.